The third-order valence-electron chi connectivity index (χ3n) is 3.52. The van der Waals surface area contributed by atoms with E-state index in [0.29, 0.717) is 12.2 Å². The van der Waals surface area contributed by atoms with Crippen LogP contribution in [0.5, 0.6) is 17.2 Å². The van der Waals surface area contributed by atoms with Crippen LogP contribution in [0.15, 0.2) is 42.5 Å². The Morgan fingerprint density at radius 1 is 1.00 bits per heavy atom. The number of rotatable bonds is 6. The molecule has 0 amide bonds. The predicted octanol–water partition coefficient (Wildman–Crippen LogP) is 4.49. The number of ether oxygens (including phenoxy) is 2. The Balaban J connectivity index is 2.18. The standard InChI is InChI=1S/C18H22O3/c1-4-13-6-11-17(18(12-13)20-3)21-15-9-7-14(8-10-15)16(19)5-2/h6-12,16,19H,4-5H2,1-3H3/t16-/m0/s1. The molecule has 3 nitrogen and oxygen atoms in total. The van der Waals surface area contributed by atoms with Gasteiger partial charge in [-0.3, -0.25) is 0 Å². The highest BCUT2D eigenvalue weighted by Crippen LogP contribution is 2.33. The van der Waals surface area contributed by atoms with Gasteiger partial charge in [-0.2, -0.15) is 0 Å². The molecule has 21 heavy (non-hydrogen) atoms. The molecular formula is C18H22O3. The summed E-state index contributed by atoms with van der Waals surface area (Å²) in [6.45, 7) is 4.06. The first-order chi connectivity index (χ1) is 10.2. The minimum Gasteiger partial charge on any atom is -0.493 e. The summed E-state index contributed by atoms with van der Waals surface area (Å²) >= 11 is 0. The zero-order chi connectivity index (χ0) is 15.2. The van der Waals surface area contributed by atoms with Crippen molar-refractivity contribution in [2.45, 2.75) is 32.8 Å². The second kappa shape index (κ2) is 7.14. The quantitative estimate of drug-likeness (QED) is 0.850. The maximum Gasteiger partial charge on any atom is 0.169 e. The smallest absolute Gasteiger partial charge is 0.169 e. The van der Waals surface area contributed by atoms with E-state index >= 15 is 0 Å². The van der Waals surface area contributed by atoms with Crippen LogP contribution in [0, 0.1) is 0 Å². The van der Waals surface area contributed by atoms with Crippen molar-refractivity contribution >= 4 is 0 Å². The van der Waals surface area contributed by atoms with Crippen LogP contribution in [0.4, 0.5) is 0 Å². The second-order valence-electron chi connectivity index (χ2n) is 4.93. The summed E-state index contributed by atoms with van der Waals surface area (Å²) in [5.74, 6) is 2.15. The molecule has 0 spiro atoms. The Bertz CT molecular complexity index is 576. The van der Waals surface area contributed by atoms with Crippen LogP contribution < -0.4 is 9.47 Å². The summed E-state index contributed by atoms with van der Waals surface area (Å²) in [5.41, 5.74) is 2.11. The lowest BCUT2D eigenvalue weighted by atomic mass is 10.1. The maximum atomic E-state index is 9.79. The molecular weight excluding hydrogens is 264 g/mol. The Morgan fingerprint density at radius 2 is 1.71 bits per heavy atom. The van der Waals surface area contributed by atoms with Crippen molar-refractivity contribution in [2.75, 3.05) is 7.11 Å². The molecule has 0 unspecified atom stereocenters. The van der Waals surface area contributed by atoms with Crippen molar-refractivity contribution in [3.8, 4) is 17.2 Å². The number of hydrogen-bond donors (Lipinski definition) is 1. The highest BCUT2D eigenvalue weighted by atomic mass is 16.5. The van der Waals surface area contributed by atoms with Gasteiger partial charge in [0.2, 0.25) is 0 Å². The molecule has 0 aliphatic heterocycles. The van der Waals surface area contributed by atoms with Gasteiger partial charge >= 0.3 is 0 Å². The molecule has 0 saturated heterocycles. The SMILES string of the molecule is CCc1ccc(Oc2ccc([C@@H](O)CC)cc2)c(OC)c1. The van der Waals surface area contributed by atoms with Crippen LogP contribution in [0.2, 0.25) is 0 Å². The van der Waals surface area contributed by atoms with Crippen LogP contribution in [-0.2, 0) is 6.42 Å². The molecule has 0 aliphatic carbocycles. The van der Waals surface area contributed by atoms with E-state index in [4.69, 9.17) is 9.47 Å². The topological polar surface area (TPSA) is 38.7 Å². The average molecular weight is 286 g/mol. The lowest BCUT2D eigenvalue weighted by Gasteiger charge is -2.13. The van der Waals surface area contributed by atoms with Gasteiger partial charge in [0.1, 0.15) is 5.75 Å². The molecule has 2 aromatic carbocycles. The highest BCUT2D eigenvalue weighted by Gasteiger charge is 2.08. The van der Waals surface area contributed by atoms with Gasteiger partial charge in [-0.05, 0) is 48.2 Å². The predicted molar refractivity (Wildman–Crippen MR) is 84.1 cm³/mol. The molecule has 0 aliphatic rings. The number of aliphatic hydroxyl groups is 1. The number of hydrogen-bond acceptors (Lipinski definition) is 3. The molecule has 0 heterocycles. The van der Waals surface area contributed by atoms with Crippen LogP contribution in [-0.4, -0.2) is 12.2 Å². The van der Waals surface area contributed by atoms with Gasteiger partial charge in [-0.25, -0.2) is 0 Å². The van der Waals surface area contributed by atoms with Crippen LogP contribution in [0.3, 0.4) is 0 Å². The van der Waals surface area contributed by atoms with Gasteiger partial charge in [0, 0.05) is 0 Å². The van der Waals surface area contributed by atoms with Gasteiger partial charge in [0.25, 0.3) is 0 Å². The summed E-state index contributed by atoms with van der Waals surface area (Å²) in [7, 11) is 1.64. The largest absolute Gasteiger partial charge is 0.493 e. The lowest BCUT2D eigenvalue weighted by Crippen LogP contribution is -1.95. The Morgan fingerprint density at radius 3 is 2.29 bits per heavy atom. The van der Waals surface area contributed by atoms with E-state index < -0.39 is 6.10 Å². The number of aryl methyl sites for hydroxylation is 1. The highest BCUT2D eigenvalue weighted by molar-refractivity contribution is 5.45. The second-order valence-corrected chi connectivity index (χ2v) is 4.93. The van der Waals surface area contributed by atoms with E-state index in [1.165, 1.54) is 5.56 Å². The Labute approximate surface area is 126 Å². The molecule has 1 atom stereocenters. The minimum absolute atomic E-state index is 0.419. The lowest BCUT2D eigenvalue weighted by molar-refractivity contribution is 0.173. The van der Waals surface area contributed by atoms with Crippen molar-refractivity contribution in [1.29, 1.82) is 0 Å². The summed E-state index contributed by atoms with van der Waals surface area (Å²) in [4.78, 5) is 0. The van der Waals surface area contributed by atoms with Crippen LogP contribution in [0.1, 0.15) is 37.5 Å². The normalized spacial score (nSPS) is 12.0. The van der Waals surface area contributed by atoms with E-state index in [1.54, 1.807) is 7.11 Å². The molecule has 1 N–H and O–H groups in total. The van der Waals surface area contributed by atoms with Gasteiger partial charge in [0.05, 0.1) is 13.2 Å². The van der Waals surface area contributed by atoms with E-state index in [9.17, 15) is 5.11 Å². The molecule has 0 saturated carbocycles. The summed E-state index contributed by atoms with van der Waals surface area (Å²) < 4.78 is 11.2. The first-order valence-corrected chi connectivity index (χ1v) is 7.30. The van der Waals surface area contributed by atoms with Gasteiger partial charge < -0.3 is 14.6 Å². The van der Waals surface area contributed by atoms with E-state index in [1.807, 2.05) is 49.4 Å². The molecule has 0 radical (unpaired) electrons. The zero-order valence-corrected chi connectivity index (χ0v) is 12.8. The fourth-order valence-corrected chi connectivity index (χ4v) is 2.14. The first-order valence-electron chi connectivity index (χ1n) is 7.30. The Hall–Kier alpha value is -2.00. The fourth-order valence-electron chi connectivity index (χ4n) is 2.14. The number of aliphatic hydroxyl groups excluding tert-OH is 1. The molecule has 0 fully saturated rings. The van der Waals surface area contributed by atoms with Gasteiger partial charge in [-0.1, -0.05) is 32.0 Å². The van der Waals surface area contributed by atoms with Crippen molar-refractivity contribution < 1.29 is 14.6 Å². The van der Waals surface area contributed by atoms with E-state index in [0.717, 1.165) is 23.5 Å². The van der Waals surface area contributed by atoms with Crippen LogP contribution >= 0.6 is 0 Å². The summed E-state index contributed by atoms with van der Waals surface area (Å²) in [6, 6.07) is 13.4. The van der Waals surface area contributed by atoms with Crippen molar-refractivity contribution in [1.82, 2.24) is 0 Å². The minimum atomic E-state index is -0.419. The molecule has 0 aromatic heterocycles. The third kappa shape index (κ3) is 3.76. The van der Waals surface area contributed by atoms with E-state index in [-0.39, 0.29) is 0 Å². The molecule has 0 bridgehead atoms. The van der Waals surface area contributed by atoms with E-state index in [2.05, 4.69) is 6.92 Å². The molecule has 3 heteroatoms. The number of benzene rings is 2. The maximum absolute atomic E-state index is 9.79. The Kier molecular flexibility index (Phi) is 5.23. The van der Waals surface area contributed by atoms with Gasteiger partial charge in [-0.15, -0.1) is 0 Å². The number of methoxy groups -OCH3 is 1. The molecule has 112 valence electrons. The van der Waals surface area contributed by atoms with Gasteiger partial charge in [0.15, 0.2) is 11.5 Å². The average Bonchev–Trinajstić information content (AvgIpc) is 2.55. The summed E-state index contributed by atoms with van der Waals surface area (Å²) in [5, 5.41) is 9.79. The zero-order valence-electron chi connectivity index (χ0n) is 12.8. The monoisotopic (exact) mass is 286 g/mol. The van der Waals surface area contributed by atoms with Crippen molar-refractivity contribution in [3.63, 3.8) is 0 Å². The molecule has 2 aromatic rings. The summed E-state index contributed by atoms with van der Waals surface area (Å²) in [6.07, 6.45) is 1.24. The van der Waals surface area contributed by atoms with Crippen molar-refractivity contribution in [3.05, 3.63) is 53.6 Å². The van der Waals surface area contributed by atoms with Crippen molar-refractivity contribution in [2.24, 2.45) is 0 Å². The third-order valence-corrected chi connectivity index (χ3v) is 3.52. The first kappa shape index (κ1) is 15.4. The fraction of sp³-hybridized carbons (Fsp3) is 0.333. The van der Waals surface area contributed by atoms with Crippen LogP contribution in [0.25, 0.3) is 0 Å². The molecule has 2 rings (SSSR count).